The molecule has 0 saturated heterocycles. The van der Waals surface area contributed by atoms with Crippen molar-refractivity contribution >= 4 is 5.57 Å². The molecule has 1 aliphatic rings. The van der Waals surface area contributed by atoms with E-state index in [0.29, 0.717) is 0 Å². The molecule has 0 heterocycles. The van der Waals surface area contributed by atoms with E-state index in [0.717, 1.165) is 18.6 Å². The molecular weight excluding hydrogens is 196 g/mol. The van der Waals surface area contributed by atoms with Crippen molar-refractivity contribution in [3.05, 3.63) is 48.1 Å². The van der Waals surface area contributed by atoms with Crippen molar-refractivity contribution in [3.8, 4) is 5.75 Å². The van der Waals surface area contributed by atoms with E-state index in [-0.39, 0.29) is 6.10 Å². The van der Waals surface area contributed by atoms with Crippen LogP contribution in [0.5, 0.6) is 5.75 Å². The minimum absolute atomic E-state index is 0.239. The van der Waals surface area contributed by atoms with Crippen LogP contribution in [0, 0.1) is 0 Å². The lowest BCUT2D eigenvalue weighted by atomic mass is 9.97. The van der Waals surface area contributed by atoms with E-state index >= 15 is 0 Å². The highest BCUT2D eigenvalue weighted by Crippen LogP contribution is 2.25. The zero-order valence-corrected chi connectivity index (χ0v) is 9.94. The summed E-state index contributed by atoms with van der Waals surface area (Å²) in [5.41, 5.74) is 2.72. The molecule has 0 atom stereocenters. The molecule has 0 amide bonds. The molecule has 1 aromatic rings. The topological polar surface area (TPSA) is 9.23 Å². The van der Waals surface area contributed by atoms with Gasteiger partial charge in [-0.05, 0) is 50.0 Å². The SMILES string of the molecule is CC(C)Oc1ccc(C2=CC=CCC2)cc1. The largest absolute Gasteiger partial charge is 0.491 e. The first-order chi connectivity index (χ1) is 7.75. The predicted molar refractivity (Wildman–Crippen MR) is 68.6 cm³/mol. The molecule has 0 aliphatic heterocycles. The van der Waals surface area contributed by atoms with E-state index in [9.17, 15) is 0 Å². The van der Waals surface area contributed by atoms with Crippen LogP contribution in [-0.4, -0.2) is 6.10 Å². The Labute approximate surface area is 97.4 Å². The maximum atomic E-state index is 5.62. The van der Waals surface area contributed by atoms with Gasteiger partial charge in [-0.2, -0.15) is 0 Å². The third-order valence-corrected chi connectivity index (χ3v) is 2.61. The maximum absolute atomic E-state index is 5.62. The van der Waals surface area contributed by atoms with E-state index in [1.807, 2.05) is 13.8 Å². The van der Waals surface area contributed by atoms with E-state index < -0.39 is 0 Å². The maximum Gasteiger partial charge on any atom is 0.119 e. The molecular formula is C15H18O. The zero-order valence-electron chi connectivity index (χ0n) is 9.94. The van der Waals surface area contributed by atoms with Crippen molar-refractivity contribution in [2.45, 2.75) is 32.8 Å². The Morgan fingerprint density at radius 2 is 1.88 bits per heavy atom. The zero-order chi connectivity index (χ0) is 11.4. The molecule has 0 N–H and O–H groups in total. The third kappa shape index (κ3) is 2.75. The standard InChI is InChI=1S/C15H18O/c1-12(2)16-15-10-8-14(9-11-15)13-6-4-3-5-7-13/h3-4,6,8-12H,5,7H2,1-2H3. The Kier molecular flexibility index (Phi) is 3.45. The molecule has 16 heavy (non-hydrogen) atoms. The van der Waals surface area contributed by atoms with E-state index in [4.69, 9.17) is 4.74 Å². The van der Waals surface area contributed by atoms with Gasteiger partial charge in [0.15, 0.2) is 0 Å². The lowest BCUT2D eigenvalue weighted by Crippen LogP contribution is -2.05. The molecule has 1 nitrogen and oxygen atoms in total. The Morgan fingerprint density at radius 3 is 2.44 bits per heavy atom. The monoisotopic (exact) mass is 214 g/mol. The lowest BCUT2D eigenvalue weighted by Gasteiger charge is -2.12. The first kappa shape index (κ1) is 11.0. The van der Waals surface area contributed by atoms with Gasteiger partial charge in [0, 0.05) is 0 Å². The fourth-order valence-corrected chi connectivity index (χ4v) is 1.86. The molecule has 1 aromatic carbocycles. The summed E-state index contributed by atoms with van der Waals surface area (Å²) < 4.78 is 5.62. The van der Waals surface area contributed by atoms with Crippen molar-refractivity contribution in [1.82, 2.24) is 0 Å². The molecule has 0 aromatic heterocycles. The number of ether oxygens (including phenoxy) is 1. The number of benzene rings is 1. The van der Waals surface area contributed by atoms with E-state index in [2.05, 4.69) is 42.5 Å². The molecule has 1 heteroatoms. The lowest BCUT2D eigenvalue weighted by molar-refractivity contribution is 0.242. The van der Waals surface area contributed by atoms with Gasteiger partial charge in [-0.1, -0.05) is 30.4 Å². The molecule has 0 spiro atoms. The second-order valence-electron chi connectivity index (χ2n) is 4.35. The van der Waals surface area contributed by atoms with Crippen molar-refractivity contribution < 1.29 is 4.74 Å². The quantitative estimate of drug-likeness (QED) is 0.732. The van der Waals surface area contributed by atoms with Gasteiger partial charge in [0.05, 0.1) is 6.10 Å². The smallest absolute Gasteiger partial charge is 0.119 e. The molecule has 0 unspecified atom stereocenters. The first-order valence-electron chi connectivity index (χ1n) is 5.88. The minimum Gasteiger partial charge on any atom is -0.491 e. The Bertz CT molecular complexity index is 396. The average Bonchev–Trinajstić information content (AvgIpc) is 2.30. The molecule has 0 bridgehead atoms. The van der Waals surface area contributed by atoms with Gasteiger partial charge >= 0.3 is 0 Å². The van der Waals surface area contributed by atoms with Gasteiger partial charge in [-0.25, -0.2) is 0 Å². The van der Waals surface area contributed by atoms with Gasteiger partial charge in [0.1, 0.15) is 5.75 Å². The summed E-state index contributed by atoms with van der Waals surface area (Å²) in [6.07, 6.45) is 9.07. The first-order valence-corrected chi connectivity index (χ1v) is 5.88. The fourth-order valence-electron chi connectivity index (χ4n) is 1.86. The normalized spacial score (nSPS) is 15.1. The van der Waals surface area contributed by atoms with E-state index in [1.165, 1.54) is 11.1 Å². The second-order valence-corrected chi connectivity index (χ2v) is 4.35. The fraction of sp³-hybridized carbons (Fsp3) is 0.333. The number of rotatable bonds is 3. The predicted octanol–water partition coefficient (Wildman–Crippen LogP) is 4.21. The summed E-state index contributed by atoms with van der Waals surface area (Å²) in [6.45, 7) is 4.09. The molecule has 0 fully saturated rings. The Hall–Kier alpha value is -1.50. The Balaban J connectivity index is 2.12. The van der Waals surface area contributed by atoms with Crippen LogP contribution >= 0.6 is 0 Å². The van der Waals surface area contributed by atoms with Gasteiger partial charge in [0.2, 0.25) is 0 Å². The summed E-state index contributed by atoms with van der Waals surface area (Å²) >= 11 is 0. The van der Waals surface area contributed by atoms with Gasteiger partial charge < -0.3 is 4.74 Å². The van der Waals surface area contributed by atoms with Crippen molar-refractivity contribution in [3.63, 3.8) is 0 Å². The van der Waals surface area contributed by atoms with Crippen molar-refractivity contribution in [2.24, 2.45) is 0 Å². The van der Waals surface area contributed by atoms with Crippen LogP contribution in [0.15, 0.2) is 42.5 Å². The second kappa shape index (κ2) is 5.02. The van der Waals surface area contributed by atoms with Crippen LogP contribution in [-0.2, 0) is 0 Å². The van der Waals surface area contributed by atoms with Crippen LogP contribution in [0.3, 0.4) is 0 Å². The van der Waals surface area contributed by atoms with Crippen LogP contribution < -0.4 is 4.74 Å². The molecule has 1 aliphatic carbocycles. The number of hydrogen-bond donors (Lipinski definition) is 0. The van der Waals surface area contributed by atoms with Crippen LogP contribution in [0.2, 0.25) is 0 Å². The van der Waals surface area contributed by atoms with Crippen LogP contribution in [0.1, 0.15) is 32.3 Å². The average molecular weight is 214 g/mol. The molecule has 84 valence electrons. The van der Waals surface area contributed by atoms with Gasteiger partial charge in [-0.15, -0.1) is 0 Å². The highest BCUT2D eigenvalue weighted by atomic mass is 16.5. The van der Waals surface area contributed by atoms with Crippen molar-refractivity contribution in [2.75, 3.05) is 0 Å². The Morgan fingerprint density at radius 1 is 1.12 bits per heavy atom. The summed E-state index contributed by atoms with van der Waals surface area (Å²) in [7, 11) is 0. The highest BCUT2D eigenvalue weighted by Gasteiger charge is 2.03. The van der Waals surface area contributed by atoms with Crippen LogP contribution in [0.25, 0.3) is 5.57 Å². The third-order valence-electron chi connectivity index (χ3n) is 2.61. The molecule has 2 rings (SSSR count). The number of hydrogen-bond acceptors (Lipinski definition) is 1. The molecule has 0 saturated carbocycles. The summed E-state index contributed by atoms with van der Waals surface area (Å²) in [5, 5.41) is 0. The minimum atomic E-state index is 0.239. The number of allylic oxidation sites excluding steroid dienone is 4. The van der Waals surface area contributed by atoms with Crippen LogP contribution in [0.4, 0.5) is 0 Å². The summed E-state index contributed by atoms with van der Waals surface area (Å²) in [4.78, 5) is 0. The van der Waals surface area contributed by atoms with Gasteiger partial charge in [0.25, 0.3) is 0 Å². The summed E-state index contributed by atoms with van der Waals surface area (Å²) in [5.74, 6) is 0.950. The summed E-state index contributed by atoms with van der Waals surface area (Å²) in [6, 6.07) is 8.38. The van der Waals surface area contributed by atoms with Gasteiger partial charge in [-0.3, -0.25) is 0 Å². The highest BCUT2D eigenvalue weighted by molar-refractivity contribution is 5.68. The molecule has 0 radical (unpaired) electrons. The van der Waals surface area contributed by atoms with Crippen molar-refractivity contribution in [1.29, 1.82) is 0 Å². The van der Waals surface area contributed by atoms with E-state index in [1.54, 1.807) is 0 Å².